The van der Waals surface area contributed by atoms with Crippen molar-refractivity contribution in [1.29, 1.82) is 0 Å². The number of allylic oxidation sites excluding steroid dienone is 6. The molecule has 0 aromatic heterocycles. The number of hydrogen-bond donors (Lipinski definition) is 9. The molecule has 0 aliphatic carbocycles. The molecular weight excluding hydrogens is 1070 g/mol. The second-order valence-electron chi connectivity index (χ2n) is 25.4. The maximum Gasteiger partial charge on any atom is 0.220 e. The van der Waals surface area contributed by atoms with Crippen molar-refractivity contribution >= 4 is 5.91 Å². The van der Waals surface area contributed by atoms with Crippen LogP contribution >= 0.6 is 0 Å². The average molecular weight is 1210 g/mol. The van der Waals surface area contributed by atoms with E-state index in [4.69, 9.17) is 18.9 Å². The molecule has 0 aromatic carbocycles. The molecule has 12 unspecified atom stereocenters. The maximum absolute atomic E-state index is 13.3. The zero-order valence-electron chi connectivity index (χ0n) is 54.4. The highest BCUT2D eigenvalue weighted by Gasteiger charge is 2.51. The molecule has 0 aromatic rings. The van der Waals surface area contributed by atoms with Gasteiger partial charge in [0.1, 0.15) is 48.8 Å². The van der Waals surface area contributed by atoms with Crippen LogP contribution in [0.1, 0.15) is 316 Å². The fourth-order valence-corrected chi connectivity index (χ4v) is 11.9. The van der Waals surface area contributed by atoms with Gasteiger partial charge in [-0.2, -0.15) is 0 Å². The van der Waals surface area contributed by atoms with Crippen LogP contribution in [0.3, 0.4) is 0 Å². The van der Waals surface area contributed by atoms with Gasteiger partial charge < -0.3 is 65.1 Å². The van der Waals surface area contributed by atoms with Crippen LogP contribution in [0.4, 0.5) is 0 Å². The molecule has 2 aliphatic heterocycles. The van der Waals surface area contributed by atoms with E-state index in [-0.39, 0.29) is 12.5 Å². The van der Waals surface area contributed by atoms with Crippen molar-refractivity contribution in [3.05, 3.63) is 36.5 Å². The lowest BCUT2D eigenvalue weighted by atomic mass is 9.97. The number of unbranched alkanes of at least 4 members (excludes halogenated alkanes) is 40. The smallest absolute Gasteiger partial charge is 0.220 e. The molecule has 500 valence electrons. The van der Waals surface area contributed by atoms with Gasteiger partial charge in [0, 0.05) is 6.42 Å². The predicted molar refractivity (Wildman–Crippen MR) is 346 cm³/mol. The summed E-state index contributed by atoms with van der Waals surface area (Å²) in [6, 6.07) is -0.838. The number of aliphatic hydroxyl groups excluding tert-OH is 8. The van der Waals surface area contributed by atoms with E-state index < -0.39 is 86.8 Å². The Morgan fingerprint density at radius 1 is 0.424 bits per heavy atom. The largest absolute Gasteiger partial charge is 0.394 e. The van der Waals surface area contributed by atoms with Crippen LogP contribution in [0.25, 0.3) is 0 Å². The highest BCUT2D eigenvalue weighted by molar-refractivity contribution is 5.76. The summed E-state index contributed by atoms with van der Waals surface area (Å²) in [6.07, 6.45) is 54.5. The third kappa shape index (κ3) is 40.5. The van der Waals surface area contributed by atoms with Gasteiger partial charge in [-0.15, -0.1) is 0 Å². The first-order chi connectivity index (χ1) is 41.6. The lowest BCUT2D eigenvalue weighted by Gasteiger charge is -2.46. The lowest BCUT2D eigenvalue weighted by Crippen LogP contribution is -2.65. The van der Waals surface area contributed by atoms with Crippen LogP contribution < -0.4 is 5.32 Å². The molecule has 2 aliphatic rings. The van der Waals surface area contributed by atoms with E-state index in [1.54, 1.807) is 0 Å². The molecular formula is C71H133NO13. The van der Waals surface area contributed by atoms with E-state index in [9.17, 15) is 45.6 Å². The van der Waals surface area contributed by atoms with E-state index in [0.29, 0.717) is 19.3 Å². The van der Waals surface area contributed by atoms with Crippen molar-refractivity contribution < 1.29 is 64.6 Å². The van der Waals surface area contributed by atoms with Crippen molar-refractivity contribution in [2.75, 3.05) is 19.8 Å². The normalized spacial score (nSPS) is 23.7. The van der Waals surface area contributed by atoms with E-state index in [2.05, 4.69) is 55.6 Å². The first-order valence-corrected chi connectivity index (χ1v) is 35.7. The van der Waals surface area contributed by atoms with Gasteiger partial charge in [0.05, 0.1) is 32.0 Å². The topological polar surface area (TPSA) is 228 Å². The second-order valence-corrected chi connectivity index (χ2v) is 25.4. The van der Waals surface area contributed by atoms with E-state index in [0.717, 1.165) is 77.0 Å². The van der Waals surface area contributed by atoms with E-state index in [1.165, 1.54) is 205 Å². The molecule has 85 heavy (non-hydrogen) atoms. The van der Waals surface area contributed by atoms with Gasteiger partial charge in [0.15, 0.2) is 12.6 Å². The van der Waals surface area contributed by atoms with Crippen LogP contribution in [-0.2, 0) is 23.7 Å². The number of rotatable bonds is 59. The van der Waals surface area contributed by atoms with Gasteiger partial charge in [-0.25, -0.2) is 0 Å². The summed E-state index contributed by atoms with van der Waals surface area (Å²) < 4.78 is 22.9. The van der Waals surface area contributed by atoms with E-state index >= 15 is 0 Å². The highest BCUT2D eigenvalue weighted by atomic mass is 16.7. The molecule has 2 heterocycles. The van der Waals surface area contributed by atoms with Crippen LogP contribution in [0.15, 0.2) is 36.5 Å². The van der Waals surface area contributed by atoms with Gasteiger partial charge in [0.25, 0.3) is 0 Å². The standard InChI is InChI=1S/C71H133NO13/c1-3-5-7-9-11-13-15-17-19-21-23-24-25-26-27-28-29-30-31-32-33-34-35-37-38-40-42-44-46-48-50-52-54-60(75)59(72-63(76)55-53-51-49-47-45-43-41-39-36-22-20-18-16-14-12-10-8-6-4-2)58-82-70-68(81)66(79)69(62(57-74)84-70)85-71-67(80)65(78)64(77)61(56-73)83-71/h12,14,18,20,36,39,59-62,64-71,73-75,77-81H,3-11,13,15-17,19,21-35,37-38,40-58H2,1-2H3,(H,72,76)/b14-12-,20-18-,39-36-. The Hall–Kier alpha value is -1.79. The summed E-state index contributed by atoms with van der Waals surface area (Å²) in [4.78, 5) is 13.3. The lowest BCUT2D eigenvalue weighted by molar-refractivity contribution is -0.359. The van der Waals surface area contributed by atoms with Crippen molar-refractivity contribution in [3.63, 3.8) is 0 Å². The van der Waals surface area contributed by atoms with Gasteiger partial charge in [0.2, 0.25) is 5.91 Å². The van der Waals surface area contributed by atoms with Crippen LogP contribution in [0.2, 0.25) is 0 Å². The Bertz CT molecular complexity index is 1560. The molecule has 2 rings (SSSR count). The number of amides is 1. The third-order valence-electron chi connectivity index (χ3n) is 17.6. The number of ether oxygens (including phenoxy) is 4. The quantitative estimate of drug-likeness (QED) is 0.0204. The Balaban J connectivity index is 1.64. The number of nitrogens with one attached hydrogen (secondary N) is 1. The molecule has 2 saturated heterocycles. The number of aliphatic hydroxyl groups is 8. The van der Waals surface area contributed by atoms with Gasteiger partial charge in [-0.3, -0.25) is 4.79 Å². The fraction of sp³-hybridized carbons (Fsp3) is 0.901. The van der Waals surface area contributed by atoms with Gasteiger partial charge in [-0.1, -0.05) is 294 Å². The average Bonchev–Trinajstić information content (AvgIpc) is 3.69. The summed E-state index contributed by atoms with van der Waals surface area (Å²) in [5, 5.41) is 87.6. The second kappa shape index (κ2) is 56.2. The summed E-state index contributed by atoms with van der Waals surface area (Å²) >= 11 is 0. The Morgan fingerprint density at radius 2 is 0.776 bits per heavy atom. The zero-order chi connectivity index (χ0) is 61.6. The summed E-state index contributed by atoms with van der Waals surface area (Å²) in [7, 11) is 0. The van der Waals surface area contributed by atoms with Gasteiger partial charge in [-0.05, 0) is 51.4 Å². The first kappa shape index (κ1) is 79.3. The van der Waals surface area contributed by atoms with Crippen molar-refractivity contribution in [2.24, 2.45) is 0 Å². The minimum atomic E-state index is -1.79. The predicted octanol–water partition coefficient (Wildman–Crippen LogP) is 14.5. The highest BCUT2D eigenvalue weighted by Crippen LogP contribution is 2.30. The minimum Gasteiger partial charge on any atom is -0.394 e. The summed E-state index contributed by atoms with van der Waals surface area (Å²) in [5.41, 5.74) is 0. The Morgan fingerprint density at radius 3 is 1.21 bits per heavy atom. The monoisotopic (exact) mass is 1210 g/mol. The van der Waals surface area contributed by atoms with Crippen molar-refractivity contribution in [2.45, 2.75) is 389 Å². The summed E-state index contributed by atoms with van der Waals surface area (Å²) in [5.74, 6) is -0.216. The van der Waals surface area contributed by atoms with Crippen LogP contribution in [-0.4, -0.2) is 140 Å². The molecule has 0 radical (unpaired) electrons. The number of hydrogen-bond acceptors (Lipinski definition) is 13. The Labute approximate surface area is 519 Å². The van der Waals surface area contributed by atoms with Crippen molar-refractivity contribution in [3.8, 4) is 0 Å². The fourth-order valence-electron chi connectivity index (χ4n) is 11.9. The van der Waals surface area contributed by atoms with Crippen LogP contribution in [0, 0.1) is 0 Å². The molecule has 0 spiro atoms. The molecule has 14 nitrogen and oxygen atoms in total. The minimum absolute atomic E-state index is 0.216. The molecule has 12 atom stereocenters. The maximum atomic E-state index is 13.3. The molecule has 9 N–H and O–H groups in total. The molecule has 0 bridgehead atoms. The number of carbonyl (C=O) groups is 1. The Kier molecular flexibility index (Phi) is 52.4. The van der Waals surface area contributed by atoms with Crippen molar-refractivity contribution in [1.82, 2.24) is 5.32 Å². The SMILES string of the molecule is CCCCC/C=C\C/C=C\C/C=C\CCCCCCCCC(=O)NC(COC1OC(CO)C(OC2OC(CO)C(O)C(O)C2O)C(O)C1O)C(O)CCCCCCCCCCCCCCCCCCCCCCCCCCCCCCCCCC. The number of carbonyl (C=O) groups excluding carboxylic acids is 1. The summed E-state index contributed by atoms with van der Waals surface area (Å²) in [6.45, 7) is 2.87. The molecule has 14 heteroatoms. The third-order valence-corrected chi connectivity index (χ3v) is 17.6. The van der Waals surface area contributed by atoms with Crippen LogP contribution in [0.5, 0.6) is 0 Å². The first-order valence-electron chi connectivity index (χ1n) is 35.7. The molecule has 2 fully saturated rings. The van der Waals surface area contributed by atoms with Gasteiger partial charge >= 0.3 is 0 Å². The molecule has 1 amide bonds. The van der Waals surface area contributed by atoms with E-state index in [1.807, 2.05) is 0 Å². The zero-order valence-corrected chi connectivity index (χ0v) is 54.4. The molecule has 0 saturated carbocycles.